The van der Waals surface area contributed by atoms with E-state index in [1.165, 1.54) is 6.07 Å². The molecule has 0 aliphatic rings. The minimum atomic E-state index is -0.470. The average molecular weight is 495 g/mol. The molecular weight excluding hydrogens is 468 g/mol. The van der Waals surface area contributed by atoms with Gasteiger partial charge in [-0.2, -0.15) is 0 Å². The van der Waals surface area contributed by atoms with E-state index in [4.69, 9.17) is 23.4 Å². The van der Waals surface area contributed by atoms with Crippen LogP contribution in [0.2, 0.25) is 0 Å². The van der Waals surface area contributed by atoms with Crippen molar-refractivity contribution in [1.29, 1.82) is 0 Å². The molecule has 0 unspecified atom stereocenters. The molecule has 6 nitrogen and oxygen atoms in total. The molecule has 5 aromatic rings. The van der Waals surface area contributed by atoms with Gasteiger partial charge in [-0.1, -0.05) is 54.6 Å². The Balaban J connectivity index is 1.57. The van der Waals surface area contributed by atoms with Crippen LogP contribution in [-0.2, 0) is 13.2 Å². The van der Waals surface area contributed by atoms with Gasteiger partial charge in [0.1, 0.15) is 24.7 Å². The van der Waals surface area contributed by atoms with Gasteiger partial charge in [0.25, 0.3) is 0 Å². The Kier molecular flexibility index (Phi) is 7.08. The van der Waals surface area contributed by atoms with Gasteiger partial charge in [-0.3, -0.25) is 0 Å². The molecule has 1 heterocycles. The van der Waals surface area contributed by atoms with E-state index >= 15 is 0 Å². The summed E-state index contributed by atoms with van der Waals surface area (Å²) in [6, 6.07) is 30.2. The Hall–Kier alpha value is -4.71. The Labute approximate surface area is 214 Å². The second-order valence-corrected chi connectivity index (χ2v) is 8.40. The molecule has 0 saturated carbocycles. The van der Waals surface area contributed by atoms with Gasteiger partial charge in [0.2, 0.25) is 5.75 Å². The fraction of sp³-hybridized carbons (Fsp3) is 0.129. The van der Waals surface area contributed by atoms with Gasteiger partial charge < -0.3 is 23.4 Å². The van der Waals surface area contributed by atoms with Gasteiger partial charge in [0.15, 0.2) is 11.3 Å². The second-order valence-electron chi connectivity index (χ2n) is 8.40. The smallest absolute Gasteiger partial charge is 0.336 e. The van der Waals surface area contributed by atoms with E-state index in [9.17, 15) is 4.79 Å². The molecule has 0 fully saturated rings. The van der Waals surface area contributed by atoms with E-state index in [0.29, 0.717) is 17.1 Å². The summed E-state index contributed by atoms with van der Waals surface area (Å²) in [4.78, 5) is 12.7. The van der Waals surface area contributed by atoms with Crippen molar-refractivity contribution < 1.29 is 23.4 Å². The first-order valence-corrected chi connectivity index (χ1v) is 11.8. The Morgan fingerprint density at radius 1 is 0.676 bits per heavy atom. The van der Waals surface area contributed by atoms with Gasteiger partial charge in [0, 0.05) is 11.5 Å². The first kappa shape index (κ1) is 24.0. The molecule has 0 spiro atoms. The summed E-state index contributed by atoms with van der Waals surface area (Å²) in [5, 5.41) is 0.750. The third kappa shape index (κ3) is 5.43. The third-order valence-corrected chi connectivity index (χ3v) is 5.96. The minimum absolute atomic E-state index is 0.227. The maximum absolute atomic E-state index is 12.7. The van der Waals surface area contributed by atoms with Crippen LogP contribution < -0.4 is 24.6 Å². The summed E-state index contributed by atoms with van der Waals surface area (Å²) in [6.07, 6.45) is 0. The topological polar surface area (TPSA) is 67.1 Å². The van der Waals surface area contributed by atoms with Gasteiger partial charge in [-0.15, -0.1) is 0 Å². The molecule has 0 saturated heterocycles. The zero-order valence-electron chi connectivity index (χ0n) is 20.6. The van der Waals surface area contributed by atoms with Crippen molar-refractivity contribution in [3.8, 4) is 34.1 Å². The zero-order valence-corrected chi connectivity index (χ0v) is 20.6. The molecule has 0 atom stereocenters. The predicted octanol–water partition coefficient (Wildman–Crippen LogP) is 6.64. The monoisotopic (exact) mass is 494 g/mol. The summed E-state index contributed by atoms with van der Waals surface area (Å²) in [5.41, 5.74) is 3.36. The molecule has 0 bridgehead atoms. The van der Waals surface area contributed by atoms with Crippen molar-refractivity contribution in [1.82, 2.24) is 0 Å². The molecule has 0 aliphatic carbocycles. The van der Waals surface area contributed by atoms with Crippen molar-refractivity contribution >= 4 is 11.0 Å². The second kappa shape index (κ2) is 10.9. The maximum atomic E-state index is 12.7. The first-order valence-electron chi connectivity index (χ1n) is 11.8. The number of fused-ring (bicyclic) bond motifs is 1. The van der Waals surface area contributed by atoms with E-state index in [1.807, 2.05) is 91.0 Å². The largest absolute Gasteiger partial charge is 0.497 e. The van der Waals surface area contributed by atoms with Crippen molar-refractivity contribution in [2.24, 2.45) is 0 Å². The SMILES string of the molecule is COc1cccc(COc2ccc3c(-c4ccccc4)cc(=O)oc3c2OCc2cccc(OC)c2)c1. The third-order valence-electron chi connectivity index (χ3n) is 5.96. The van der Waals surface area contributed by atoms with Crippen LogP contribution in [0.4, 0.5) is 0 Å². The van der Waals surface area contributed by atoms with E-state index < -0.39 is 5.63 Å². The van der Waals surface area contributed by atoms with Crippen LogP contribution in [0, 0.1) is 0 Å². The fourth-order valence-corrected chi connectivity index (χ4v) is 4.13. The number of hydrogen-bond donors (Lipinski definition) is 0. The van der Waals surface area contributed by atoms with Gasteiger partial charge in [-0.05, 0) is 58.7 Å². The van der Waals surface area contributed by atoms with Crippen molar-refractivity contribution in [3.63, 3.8) is 0 Å². The molecule has 0 amide bonds. The number of hydrogen-bond acceptors (Lipinski definition) is 6. The Bertz CT molecular complexity index is 1570. The molecular formula is C31H26O6. The number of methoxy groups -OCH3 is 2. The Morgan fingerprint density at radius 2 is 1.32 bits per heavy atom. The lowest BCUT2D eigenvalue weighted by molar-refractivity contribution is 0.255. The lowest BCUT2D eigenvalue weighted by Crippen LogP contribution is -2.04. The molecule has 4 aromatic carbocycles. The standard InChI is InChI=1S/C31H26O6/c1-33-24-12-6-8-21(16-24)19-35-28-15-14-26-27(23-10-4-3-5-11-23)18-29(32)37-30(26)31(28)36-20-22-9-7-13-25(17-22)34-2/h3-18H,19-20H2,1-2H3. The summed E-state index contributed by atoms with van der Waals surface area (Å²) in [6.45, 7) is 0.506. The maximum Gasteiger partial charge on any atom is 0.336 e. The van der Waals surface area contributed by atoms with Crippen molar-refractivity contribution in [2.45, 2.75) is 13.2 Å². The van der Waals surface area contributed by atoms with E-state index in [-0.39, 0.29) is 13.2 Å². The van der Waals surface area contributed by atoms with Crippen LogP contribution >= 0.6 is 0 Å². The fourth-order valence-electron chi connectivity index (χ4n) is 4.13. The highest BCUT2D eigenvalue weighted by molar-refractivity contribution is 5.97. The van der Waals surface area contributed by atoms with Crippen LogP contribution in [0.25, 0.3) is 22.1 Å². The Morgan fingerprint density at radius 3 is 1.97 bits per heavy atom. The molecule has 1 aromatic heterocycles. The molecule has 5 rings (SSSR count). The van der Waals surface area contributed by atoms with Gasteiger partial charge in [-0.25, -0.2) is 4.79 Å². The molecule has 0 aliphatic heterocycles. The van der Waals surface area contributed by atoms with E-state index in [0.717, 1.165) is 39.1 Å². The van der Waals surface area contributed by atoms with E-state index in [1.54, 1.807) is 14.2 Å². The quantitative estimate of drug-likeness (QED) is 0.214. The number of rotatable bonds is 9. The van der Waals surface area contributed by atoms with Crippen molar-refractivity contribution in [2.75, 3.05) is 14.2 Å². The number of benzene rings is 4. The average Bonchev–Trinajstić information content (AvgIpc) is 2.95. The molecule has 37 heavy (non-hydrogen) atoms. The summed E-state index contributed by atoms with van der Waals surface area (Å²) >= 11 is 0. The lowest BCUT2D eigenvalue weighted by atomic mass is 10.0. The zero-order chi connectivity index (χ0) is 25.6. The number of ether oxygens (including phenoxy) is 4. The summed E-state index contributed by atoms with van der Waals surface area (Å²) in [7, 11) is 3.25. The van der Waals surface area contributed by atoms with Crippen LogP contribution in [-0.4, -0.2) is 14.2 Å². The highest BCUT2D eigenvalue weighted by atomic mass is 16.5. The van der Waals surface area contributed by atoms with Crippen LogP contribution in [0.15, 0.2) is 106 Å². The highest BCUT2D eigenvalue weighted by Crippen LogP contribution is 2.40. The summed E-state index contributed by atoms with van der Waals surface area (Å²) < 4.78 is 28.8. The minimum Gasteiger partial charge on any atom is -0.497 e. The van der Waals surface area contributed by atoms with Crippen LogP contribution in [0.1, 0.15) is 11.1 Å². The molecule has 0 radical (unpaired) electrons. The lowest BCUT2D eigenvalue weighted by Gasteiger charge is -2.16. The van der Waals surface area contributed by atoms with E-state index in [2.05, 4.69) is 0 Å². The molecule has 6 heteroatoms. The highest BCUT2D eigenvalue weighted by Gasteiger charge is 2.18. The summed E-state index contributed by atoms with van der Waals surface area (Å²) in [5.74, 6) is 2.30. The van der Waals surface area contributed by atoms with Gasteiger partial charge >= 0.3 is 5.63 Å². The van der Waals surface area contributed by atoms with Crippen LogP contribution in [0.5, 0.6) is 23.0 Å². The van der Waals surface area contributed by atoms with Gasteiger partial charge in [0.05, 0.1) is 14.2 Å². The normalized spacial score (nSPS) is 10.8. The molecule has 0 N–H and O–H groups in total. The van der Waals surface area contributed by atoms with Crippen molar-refractivity contribution in [3.05, 3.63) is 119 Å². The molecule has 186 valence electrons. The first-order chi connectivity index (χ1) is 18.1. The van der Waals surface area contributed by atoms with Crippen LogP contribution in [0.3, 0.4) is 0 Å². The predicted molar refractivity (Wildman–Crippen MR) is 143 cm³/mol.